The second kappa shape index (κ2) is 8.42. The van der Waals surface area contributed by atoms with Crippen molar-refractivity contribution >= 4 is 39.6 Å². The quantitative estimate of drug-likeness (QED) is 0.562. The molecule has 1 atom stereocenters. The summed E-state index contributed by atoms with van der Waals surface area (Å²) >= 11 is 2.66. The molecular weight excluding hydrogens is 410 g/mol. The second-order valence-electron chi connectivity index (χ2n) is 7.31. The Balaban J connectivity index is 1.35. The Morgan fingerprint density at radius 1 is 1.28 bits per heavy atom. The molecule has 0 aromatic carbocycles. The molecule has 0 radical (unpaired) electrons. The van der Waals surface area contributed by atoms with Crippen LogP contribution in [0.15, 0.2) is 27.4 Å². The molecule has 2 amide bonds. The van der Waals surface area contributed by atoms with E-state index in [9.17, 15) is 9.59 Å². The third-order valence-corrected chi connectivity index (χ3v) is 6.18. The Hall–Kier alpha value is -2.59. The van der Waals surface area contributed by atoms with Crippen molar-refractivity contribution in [2.24, 2.45) is 5.92 Å². The van der Waals surface area contributed by atoms with Crippen LogP contribution in [0.4, 0.5) is 5.13 Å². The fraction of sp³-hybridized carbons (Fsp3) is 0.421. The highest BCUT2D eigenvalue weighted by atomic mass is 32.1. The lowest BCUT2D eigenvalue weighted by atomic mass is 10.0. The largest absolute Gasteiger partial charge is 0.344 e. The minimum atomic E-state index is -0.348. The molecule has 8 nitrogen and oxygen atoms in total. The van der Waals surface area contributed by atoms with Gasteiger partial charge in [0.25, 0.3) is 5.91 Å². The highest BCUT2D eigenvalue weighted by Crippen LogP contribution is 2.38. The average Bonchev–Trinajstić information content (AvgIpc) is 3.09. The van der Waals surface area contributed by atoms with Crippen LogP contribution in [0.1, 0.15) is 65.7 Å². The molecule has 3 heterocycles. The summed E-state index contributed by atoms with van der Waals surface area (Å²) in [6.45, 7) is 3.99. The Morgan fingerprint density at radius 2 is 2.10 bits per heavy atom. The number of carbonyl (C=O) groups excluding carboxylic acids is 2. The second-order valence-corrected chi connectivity index (χ2v) is 9.11. The van der Waals surface area contributed by atoms with Gasteiger partial charge in [0.15, 0.2) is 11.0 Å². The molecule has 10 heteroatoms. The predicted octanol–water partition coefficient (Wildman–Crippen LogP) is 3.77. The van der Waals surface area contributed by atoms with Gasteiger partial charge in [0.05, 0.1) is 17.0 Å². The molecule has 1 aliphatic rings. The standard InChI is InChI=1S/C19H21N5O3S2/c1-10(2)15(18-22-16(24-27-18)11-5-6-11)21-14(25)8-12-9-29-19(20-12)23-17(26)13-4-3-7-28-13/h3-4,7,9-11,15H,5-6,8H2,1-2H3,(H,21,25)(H,20,23,26). The molecule has 0 bridgehead atoms. The summed E-state index contributed by atoms with van der Waals surface area (Å²) in [7, 11) is 0. The van der Waals surface area contributed by atoms with Crippen LogP contribution < -0.4 is 10.6 Å². The smallest absolute Gasteiger partial charge is 0.267 e. The molecule has 3 aromatic rings. The lowest BCUT2D eigenvalue weighted by Gasteiger charge is -2.18. The maximum absolute atomic E-state index is 12.5. The van der Waals surface area contributed by atoms with Crippen LogP contribution in [-0.4, -0.2) is 26.9 Å². The van der Waals surface area contributed by atoms with Crippen LogP contribution in [0, 0.1) is 5.92 Å². The van der Waals surface area contributed by atoms with E-state index >= 15 is 0 Å². The zero-order valence-electron chi connectivity index (χ0n) is 16.0. The zero-order valence-corrected chi connectivity index (χ0v) is 17.7. The average molecular weight is 432 g/mol. The highest BCUT2D eigenvalue weighted by Gasteiger charge is 2.31. The van der Waals surface area contributed by atoms with E-state index in [1.54, 1.807) is 11.4 Å². The topological polar surface area (TPSA) is 110 Å². The molecule has 1 fully saturated rings. The highest BCUT2D eigenvalue weighted by molar-refractivity contribution is 7.14. The Labute approximate surface area is 175 Å². The van der Waals surface area contributed by atoms with E-state index in [1.165, 1.54) is 22.7 Å². The van der Waals surface area contributed by atoms with E-state index in [0.717, 1.165) is 18.7 Å². The van der Waals surface area contributed by atoms with Crippen LogP contribution in [0.5, 0.6) is 0 Å². The number of hydrogen-bond acceptors (Lipinski definition) is 8. The van der Waals surface area contributed by atoms with Crippen LogP contribution in [0.25, 0.3) is 0 Å². The normalized spacial score (nSPS) is 14.7. The number of anilines is 1. The summed E-state index contributed by atoms with van der Waals surface area (Å²) in [6.07, 6.45) is 2.29. The maximum Gasteiger partial charge on any atom is 0.267 e. The minimum Gasteiger partial charge on any atom is -0.344 e. The molecule has 4 rings (SSSR count). The lowest BCUT2D eigenvalue weighted by molar-refractivity contribution is -0.121. The van der Waals surface area contributed by atoms with E-state index in [2.05, 4.69) is 25.8 Å². The predicted molar refractivity (Wildman–Crippen MR) is 110 cm³/mol. The summed E-state index contributed by atoms with van der Waals surface area (Å²) in [4.78, 5) is 34.1. The van der Waals surface area contributed by atoms with E-state index < -0.39 is 0 Å². The first kappa shape index (κ1) is 19.7. The summed E-state index contributed by atoms with van der Waals surface area (Å²) < 4.78 is 5.39. The fourth-order valence-electron chi connectivity index (χ4n) is 2.80. The molecule has 0 saturated heterocycles. The number of carbonyl (C=O) groups is 2. The molecule has 0 aliphatic heterocycles. The van der Waals surface area contributed by atoms with Crippen LogP contribution in [-0.2, 0) is 11.2 Å². The number of hydrogen-bond donors (Lipinski definition) is 2. The molecule has 29 heavy (non-hydrogen) atoms. The van der Waals surface area contributed by atoms with Crippen molar-refractivity contribution in [3.05, 3.63) is 45.2 Å². The van der Waals surface area contributed by atoms with Crippen LogP contribution in [0.2, 0.25) is 0 Å². The lowest BCUT2D eigenvalue weighted by Crippen LogP contribution is -2.33. The summed E-state index contributed by atoms with van der Waals surface area (Å²) in [5.41, 5.74) is 0.598. The zero-order chi connectivity index (χ0) is 20.4. The van der Waals surface area contributed by atoms with Gasteiger partial charge in [0.1, 0.15) is 6.04 Å². The van der Waals surface area contributed by atoms with Gasteiger partial charge in [-0.05, 0) is 30.2 Å². The van der Waals surface area contributed by atoms with Gasteiger partial charge in [0.2, 0.25) is 11.8 Å². The van der Waals surface area contributed by atoms with Crippen molar-refractivity contribution in [3.63, 3.8) is 0 Å². The number of amides is 2. The van der Waals surface area contributed by atoms with Gasteiger partial charge < -0.3 is 9.84 Å². The number of aromatic nitrogens is 3. The summed E-state index contributed by atoms with van der Waals surface area (Å²) in [5, 5.41) is 13.8. The van der Waals surface area contributed by atoms with Crippen molar-refractivity contribution in [3.8, 4) is 0 Å². The number of thiazole rings is 1. The minimum absolute atomic E-state index is 0.0996. The fourth-order valence-corrected chi connectivity index (χ4v) is 4.12. The van der Waals surface area contributed by atoms with Gasteiger partial charge >= 0.3 is 0 Å². The first-order chi connectivity index (χ1) is 14.0. The molecule has 3 aromatic heterocycles. The third kappa shape index (κ3) is 4.88. The Kier molecular flexibility index (Phi) is 5.72. The maximum atomic E-state index is 12.5. The van der Waals surface area contributed by atoms with Crippen LogP contribution >= 0.6 is 22.7 Å². The SMILES string of the molecule is CC(C)C(NC(=O)Cc1csc(NC(=O)c2cccs2)n1)c1nc(C2CC2)no1. The van der Waals surface area contributed by atoms with Gasteiger partial charge in [-0.2, -0.15) is 4.98 Å². The third-order valence-electron chi connectivity index (χ3n) is 4.51. The first-order valence-electron chi connectivity index (χ1n) is 9.41. The van der Waals surface area contributed by atoms with Gasteiger partial charge in [-0.25, -0.2) is 4.98 Å². The molecular formula is C19H21N5O3S2. The van der Waals surface area contributed by atoms with Crippen molar-refractivity contribution in [1.29, 1.82) is 0 Å². The van der Waals surface area contributed by atoms with Crippen LogP contribution in [0.3, 0.4) is 0 Å². The van der Waals surface area contributed by atoms with E-state index in [4.69, 9.17) is 4.52 Å². The van der Waals surface area contributed by atoms with Gasteiger partial charge in [0, 0.05) is 11.3 Å². The Morgan fingerprint density at radius 3 is 2.79 bits per heavy atom. The Bertz CT molecular complexity index is 991. The van der Waals surface area contributed by atoms with Gasteiger partial charge in [-0.15, -0.1) is 22.7 Å². The monoisotopic (exact) mass is 431 g/mol. The van der Waals surface area contributed by atoms with E-state index in [0.29, 0.717) is 27.5 Å². The van der Waals surface area contributed by atoms with Gasteiger partial charge in [-0.1, -0.05) is 25.1 Å². The number of rotatable bonds is 8. The molecule has 2 N–H and O–H groups in total. The molecule has 1 saturated carbocycles. The summed E-state index contributed by atoms with van der Waals surface area (Å²) in [6, 6.07) is 3.22. The van der Waals surface area contributed by atoms with Crippen molar-refractivity contribution in [2.75, 3.05) is 5.32 Å². The number of thiophene rings is 1. The van der Waals surface area contributed by atoms with Crippen molar-refractivity contribution in [1.82, 2.24) is 20.4 Å². The van der Waals surface area contributed by atoms with E-state index in [1.807, 2.05) is 25.3 Å². The number of nitrogens with zero attached hydrogens (tertiary/aromatic N) is 3. The number of nitrogens with one attached hydrogen (secondary N) is 2. The molecule has 0 spiro atoms. The van der Waals surface area contributed by atoms with Crippen molar-refractivity contribution in [2.45, 2.75) is 45.1 Å². The molecule has 152 valence electrons. The van der Waals surface area contributed by atoms with Gasteiger partial charge in [-0.3, -0.25) is 14.9 Å². The molecule has 1 aliphatic carbocycles. The van der Waals surface area contributed by atoms with E-state index in [-0.39, 0.29) is 30.2 Å². The summed E-state index contributed by atoms with van der Waals surface area (Å²) in [5.74, 6) is 1.28. The van der Waals surface area contributed by atoms with Crippen molar-refractivity contribution < 1.29 is 14.1 Å². The molecule has 1 unspecified atom stereocenters. The first-order valence-corrected chi connectivity index (χ1v) is 11.2.